The highest BCUT2D eigenvalue weighted by molar-refractivity contribution is 5.63. The molecule has 0 aromatic heterocycles. The van der Waals surface area contributed by atoms with Crippen molar-refractivity contribution in [2.45, 2.75) is 71.1 Å². The number of nitrogens with one attached hydrogen (secondary N) is 2. The first-order chi connectivity index (χ1) is 9.27. The lowest BCUT2D eigenvalue weighted by Gasteiger charge is -2.01. The van der Waals surface area contributed by atoms with Crippen LogP contribution < -0.4 is 10.9 Å². The molecule has 0 aromatic rings. The highest BCUT2D eigenvalue weighted by Crippen LogP contribution is 2.09. The summed E-state index contributed by atoms with van der Waals surface area (Å²) >= 11 is 0. The monoisotopic (exact) mass is 270 g/mol. The summed E-state index contributed by atoms with van der Waals surface area (Å²) in [4.78, 5) is 10.1. The van der Waals surface area contributed by atoms with E-state index in [1.807, 2.05) is 0 Å². The second-order valence-electron chi connectivity index (χ2n) is 4.88. The Balaban J connectivity index is 3.06. The molecule has 3 N–H and O–H groups in total. The van der Waals surface area contributed by atoms with Crippen molar-refractivity contribution in [2.24, 2.45) is 0 Å². The molecule has 0 bridgehead atoms. The number of allylic oxidation sites excluding steroid dienone is 1. The van der Waals surface area contributed by atoms with Crippen molar-refractivity contribution >= 4 is 6.09 Å². The molecular weight excluding hydrogens is 240 g/mol. The Morgan fingerprint density at radius 3 is 2.16 bits per heavy atom. The Morgan fingerprint density at radius 2 is 1.53 bits per heavy atom. The number of hydrogen-bond acceptors (Lipinski definition) is 2. The van der Waals surface area contributed by atoms with Crippen molar-refractivity contribution in [1.29, 1.82) is 0 Å². The van der Waals surface area contributed by atoms with Crippen molar-refractivity contribution < 1.29 is 9.90 Å². The fraction of sp³-hybridized carbons (Fsp3) is 0.800. The number of hydrazine groups is 1. The number of carboxylic acid groups (broad SMARTS) is 1. The van der Waals surface area contributed by atoms with Crippen LogP contribution in [0.4, 0.5) is 4.79 Å². The van der Waals surface area contributed by atoms with Crippen molar-refractivity contribution in [3.63, 3.8) is 0 Å². The summed E-state index contributed by atoms with van der Waals surface area (Å²) in [6.07, 6.45) is 16.1. The average Bonchev–Trinajstić information content (AvgIpc) is 2.39. The van der Waals surface area contributed by atoms with Gasteiger partial charge in [0.25, 0.3) is 0 Å². The van der Waals surface area contributed by atoms with Crippen LogP contribution in [0, 0.1) is 0 Å². The van der Waals surface area contributed by atoms with E-state index in [4.69, 9.17) is 5.11 Å². The predicted octanol–water partition coefficient (Wildman–Crippen LogP) is 4.24. The molecule has 0 fully saturated rings. The topological polar surface area (TPSA) is 61.4 Å². The van der Waals surface area contributed by atoms with E-state index in [9.17, 15) is 4.79 Å². The molecule has 4 nitrogen and oxygen atoms in total. The van der Waals surface area contributed by atoms with Gasteiger partial charge in [0, 0.05) is 6.54 Å². The molecule has 4 heteroatoms. The van der Waals surface area contributed by atoms with Crippen LogP contribution in [-0.4, -0.2) is 17.7 Å². The minimum absolute atomic E-state index is 0.639. The molecule has 0 heterocycles. The zero-order valence-corrected chi connectivity index (χ0v) is 12.3. The van der Waals surface area contributed by atoms with Crippen LogP contribution in [0.3, 0.4) is 0 Å². The van der Waals surface area contributed by atoms with E-state index in [0.29, 0.717) is 6.54 Å². The minimum atomic E-state index is -1.04. The molecule has 0 aliphatic rings. The highest BCUT2D eigenvalue weighted by Gasteiger charge is 1.91. The maximum Gasteiger partial charge on any atom is 0.419 e. The fourth-order valence-electron chi connectivity index (χ4n) is 1.93. The second-order valence-corrected chi connectivity index (χ2v) is 4.88. The quantitative estimate of drug-likeness (QED) is 0.266. The second kappa shape index (κ2) is 15.0. The van der Waals surface area contributed by atoms with Crippen molar-refractivity contribution in [2.75, 3.05) is 6.54 Å². The minimum Gasteiger partial charge on any atom is -0.464 e. The van der Waals surface area contributed by atoms with E-state index in [-0.39, 0.29) is 0 Å². The third-order valence-electron chi connectivity index (χ3n) is 3.02. The molecule has 0 spiro atoms. The van der Waals surface area contributed by atoms with Gasteiger partial charge in [0.2, 0.25) is 0 Å². The molecule has 19 heavy (non-hydrogen) atoms. The van der Waals surface area contributed by atoms with Gasteiger partial charge in [-0.15, -0.1) is 0 Å². The molecule has 0 aromatic carbocycles. The fourth-order valence-corrected chi connectivity index (χ4v) is 1.93. The lowest BCUT2D eigenvalue weighted by Crippen LogP contribution is -2.36. The van der Waals surface area contributed by atoms with Crippen LogP contribution in [0.2, 0.25) is 0 Å². The van der Waals surface area contributed by atoms with Gasteiger partial charge in [-0.2, -0.15) is 0 Å². The molecule has 0 radical (unpaired) electrons. The number of rotatable bonds is 13. The van der Waals surface area contributed by atoms with Crippen molar-refractivity contribution in [1.82, 2.24) is 10.9 Å². The lowest BCUT2D eigenvalue weighted by atomic mass is 10.1. The van der Waals surface area contributed by atoms with Gasteiger partial charge in [0.05, 0.1) is 0 Å². The summed E-state index contributed by atoms with van der Waals surface area (Å²) in [6.45, 7) is 2.89. The highest BCUT2D eigenvalue weighted by atomic mass is 16.4. The Hall–Kier alpha value is -1.03. The maximum atomic E-state index is 10.1. The average molecular weight is 270 g/mol. The predicted molar refractivity (Wildman–Crippen MR) is 80.1 cm³/mol. The summed E-state index contributed by atoms with van der Waals surface area (Å²) in [5.41, 5.74) is 4.74. The third-order valence-corrected chi connectivity index (χ3v) is 3.02. The standard InChI is InChI=1S/C15H30N2O2/c1-2-3-4-5-6-7-8-9-10-11-12-13-14-16-17-15(18)19/h11-12,16-17H,2-10,13-14H2,1H3,(H,18,19). The summed E-state index contributed by atoms with van der Waals surface area (Å²) in [7, 11) is 0. The Kier molecular flexibility index (Phi) is 14.2. The molecule has 0 saturated carbocycles. The van der Waals surface area contributed by atoms with E-state index >= 15 is 0 Å². The van der Waals surface area contributed by atoms with E-state index < -0.39 is 6.09 Å². The van der Waals surface area contributed by atoms with E-state index in [1.54, 1.807) is 0 Å². The molecule has 112 valence electrons. The maximum absolute atomic E-state index is 10.1. The van der Waals surface area contributed by atoms with Gasteiger partial charge in [-0.05, 0) is 19.3 Å². The van der Waals surface area contributed by atoms with Crippen molar-refractivity contribution in [3.8, 4) is 0 Å². The van der Waals surface area contributed by atoms with Gasteiger partial charge in [-0.1, -0.05) is 64.0 Å². The molecule has 0 rings (SSSR count). The zero-order chi connectivity index (χ0) is 14.2. The number of carbonyl (C=O) groups is 1. The van der Waals surface area contributed by atoms with Crippen LogP contribution in [0.25, 0.3) is 0 Å². The largest absolute Gasteiger partial charge is 0.464 e. The first-order valence-electron chi connectivity index (χ1n) is 7.64. The number of amides is 1. The van der Waals surface area contributed by atoms with Crippen molar-refractivity contribution in [3.05, 3.63) is 12.2 Å². The smallest absolute Gasteiger partial charge is 0.419 e. The van der Waals surface area contributed by atoms with E-state index in [0.717, 1.165) is 12.8 Å². The van der Waals surface area contributed by atoms with Gasteiger partial charge in [-0.25, -0.2) is 10.2 Å². The van der Waals surface area contributed by atoms with E-state index in [2.05, 4.69) is 29.9 Å². The number of hydrogen-bond donors (Lipinski definition) is 3. The van der Waals surface area contributed by atoms with Gasteiger partial charge in [0.15, 0.2) is 0 Å². The summed E-state index contributed by atoms with van der Waals surface area (Å²) in [5.74, 6) is 0. The first kappa shape index (κ1) is 18.0. The molecular formula is C15H30N2O2. The summed E-state index contributed by atoms with van der Waals surface area (Å²) in [6, 6.07) is 0. The molecule has 0 saturated heterocycles. The van der Waals surface area contributed by atoms with Gasteiger partial charge < -0.3 is 5.11 Å². The normalized spacial score (nSPS) is 11.0. The van der Waals surface area contributed by atoms with Crippen LogP contribution >= 0.6 is 0 Å². The van der Waals surface area contributed by atoms with Gasteiger partial charge >= 0.3 is 6.09 Å². The zero-order valence-electron chi connectivity index (χ0n) is 12.3. The molecule has 0 atom stereocenters. The van der Waals surface area contributed by atoms with Crippen LogP contribution in [0.15, 0.2) is 12.2 Å². The number of unbranched alkanes of at least 4 members (excludes halogenated alkanes) is 8. The van der Waals surface area contributed by atoms with Crippen LogP contribution in [0.5, 0.6) is 0 Å². The van der Waals surface area contributed by atoms with Crippen LogP contribution in [-0.2, 0) is 0 Å². The Labute approximate surface area is 117 Å². The molecule has 0 aliphatic carbocycles. The SMILES string of the molecule is CCCCCCCCCCC=CCCNNC(=O)O. The third kappa shape index (κ3) is 17.0. The van der Waals surface area contributed by atoms with Crippen LogP contribution in [0.1, 0.15) is 71.1 Å². The lowest BCUT2D eigenvalue weighted by molar-refractivity contribution is 0.189. The van der Waals surface area contributed by atoms with Gasteiger partial charge in [-0.3, -0.25) is 5.43 Å². The molecule has 0 aliphatic heterocycles. The summed E-state index contributed by atoms with van der Waals surface area (Å²) in [5, 5.41) is 8.31. The first-order valence-corrected chi connectivity index (χ1v) is 7.64. The Morgan fingerprint density at radius 1 is 0.947 bits per heavy atom. The summed E-state index contributed by atoms with van der Waals surface area (Å²) < 4.78 is 0. The Bertz CT molecular complexity index is 230. The molecule has 0 unspecified atom stereocenters. The van der Waals surface area contributed by atoms with Gasteiger partial charge in [0.1, 0.15) is 0 Å². The van der Waals surface area contributed by atoms with E-state index in [1.165, 1.54) is 51.4 Å². The molecule has 1 amide bonds.